The molecule has 2 aromatic rings. The Labute approximate surface area is 139 Å². The molecule has 2 atom stereocenters. The van der Waals surface area contributed by atoms with E-state index in [1.165, 1.54) is 12.1 Å². The molecule has 122 valence electrons. The molecule has 0 aromatic heterocycles. The number of hydrogen-bond acceptors (Lipinski definition) is 3. The Morgan fingerprint density at radius 2 is 2.04 bits per heavy atom. The van der Waals surface area contributed by atoms with Gasteiger partial charge in [-0.05, 0) is 41.8 Å². The number of β-amino-alcohol motifs (C(OH)–C–C–N with tert-alkyl or cyclic N) is 1. The monoisotopic (exact) mass is 324 g/mol. The number of rotatable bonds is 3. The Kier molecular flexibility index (Phi) is 4.59. The van der Waals surface area contributed by atoms with Crippen LogP contribution in [-0.4, -0.2) is 28.6 Å². The topological polar surface area (TPSA) is 64.3 Å². The molecule has 1 N–H and O–H groups in total. The van der Waals surface area contributed by atoms with E-state index in [0.29, 0.717) is 12.0 Å². The van der Waals surface area contributed by atoms with Crippen LogP contribution in [0.4, 0.5) is 4.39 Å². The third-order valence-electron chi connectivity index (χ3n) is 4.25. The number of hydrogen-bond donors (Lipinski definition) is 1. The van der Waals surface area contributed by atoms with Gasteiger partial charge < -0.3 is 10.0 Å². The molecule has 0 aliphatic carbocycles. The van der Waals surface area contributed by atoms with Crippen LogP contribution in [0.25, 0.3) is 0 Å². The van der Waals surface area contributed by atoms with Crippen LogP contribution in [0.3, 0.4) is 0 Å². The van der Waals surface area contributed by atoms with Crippen molar-refractivity contribution < 1.29 is 14.3 Å². The lowest BCUT2D eigenvalue weighted by atomic mass is 10.0. The molecule has 1 heterocycles. The summed E-state index contributed by atoms with van der Waals surface area (Å²) < 4.78 is 13.1. The van der Waals surface area contributed by atoms with E-state index in [-0.39, 0.29) is 30.7 Å². The molecule has 1 amide bonds. The van der Waals surface area contributed by atoms with Crippen LogP contribution in [0.15, 0.2) is 48.5 Å². The van der Waals surface area contributed by atoms with Gasteiger partial charge in [0.25, 0.3) is 5.91 Å². The normalized spacial score (nSPS) is 20.0. The first-order valence-electron chi connectivity index (χ1n) is 7.79. The molecule has 0 saturated carbocycles. The Morgan fingerprint density at radius 1 is 1.29 bits per heavy atom. The second-order valence-corrected chi connectivity index (χ2v) is 5.95. The van der Waals surface area contributed by atoms with Gasteiger partial charge in [-0.2, -0.15) is 5.26 Å². The third-order valence-corrected chi connectivity index (χ3v) is 4.25. The van der Waals surface area contributed by atoms with Crippen LogP contribution in [0.5, 0.6) is 0 Å². The lowest BCUT2D eigenvalue weighted by molar-refractivity contribution is 0.0715. The van der Waals surface area contributed by atoms with E-state index in [0.717, 1.165) is 11.1 Å². The zero-order chi connectivity index (χ0) is 17.1. The van der Waals surface area contributed by atoms with Gasteiger partial charge in [-0.3, -0.25) is 4.79 Å². The zero-order valence-corrected chi connectivity index (χ0v) is 13.0. The number of halogens is 1. The number of nitriles is 1. The molecule has 0 bridgehead atoms. The fraction of sp³-hybridized carbons (Fsp3) is 0.263. The molecular formula is C19H17FN2O2. The van der Waals surface area contributed by atoms with Crippen LogP contribution in [0.2, 0.25) is 0 Å². The van der Waals surface area contributed by atoms with Crippen molar-refractivity contribution in [2.45, 2.75) is 25.0 Å². The number of aliphatic hydroxyl groups excluding tert-OH is 1. The van der Waals surface area contributed by atoms with Crippen molar-refractivity contribution in [3.8, 4) is 6.07 Å². The van der Waals surface area contributed by atoms with Gasteiger partial charge in [0.1, 0.15) is 5.82 Å². The van der Waals surface area contributed by atoms with E-state index in [1.807, 2.05) is 0 Å². The average Bonchev–Trinajstić information content (AvgIpc) is 2.97. The first-order chi connectivity index (χ1) is 11.6. The summed E-state index contributed by atoms with van der Waals surface area (Å²) in [5.74, 6) is -0.528. The predicted molar refractivity (Wildman–Crippen MR) is 86.6 cm³/mol. The van der Waals surface area contributed by atoms with Crippen molar-refractivity contribution in [3.63, 3.8) is 0 Å². The van der Waals surface area contributed by atoms with Crippen LogP contribution in [-0.2, 0) is 6.42 Å². The highest BCUT2D eigenvalue weighted by atomic mass is 19.1. The van der Waals surface area contributed by atoms with E-state index in [2.05, 4.69) is 6.07 Å². The molecule has 1 aliphatic rings. The summed E-state index contributed by atoms with van der Waals surface area (Å²) in [5, 5.41) is 18.8. The van der Waals surface area contributed by atoms with Crippen LogP contribution in [0.1, 0.15) is 33.9 Å². The zero-order valence-electron chi connectivity index (χ0n) is 13.0. The minimum atomic E-state index is -0.605. The quantitative estimate of drug-likeness (QED) is 0.944. The number of amides is 1. The highest BCUT2D eigenvalue weighted by molar-refractivity contribution is 5.95. The molecule has 0 radical (unpaired) electrons. The molecule has 1 aliphatic heterocycles. The van der Waals surface area contributed by atoms with Crippen LogP contribution < -0.4 is 0 Å². The lowest BCUT2D eigenvalue weighted by Crippen LogP contribution is -2.31. The number of benzene rings is 2. The summed E-state index contributed by atoms with van der Waals surface area (Å²) >= 11 is 0. The number of aliphatic hydroxyl groups is 1. The molecule has 2 aromatic carbocycles. The largest absolute Gasteiger partial charge is 0.391 e. The molecule has 4 nitrogen and oxygen atoms in total. The van der Waals surface area contributed by atoms with Crippen molar-refractivity contribution in [3.05, 3.63) is 71.0 Å². The summed E-state index contributed by atoms with van der Waals surface area (Å²) in [5.41, 5.74) is 2.07. The minimum absolute atomic E-state index is 0.194. The number of likely N-dealkylation sites (tertiary alicyclic amines) is 1. The molecule has 24 heavy (non-hydrogen) atoms. The van der Waals surface area contributed by atoms with Crippen LogP contribution >= 0.6 is 0 Å². The summed E-state index contributed by atoms with van der Waals surface area (Å²) in [6, 6.07) is 14.7. The first kappa shape index (κ1) is 16.2. The Morgan fingerprint density at radius 3 is 2.75 bits per heavy atom. The lowest BCUT2D eigenvalue weighted by Gasteiger charge is -2.25. The average molecular weight is 324 g/mol. The molecule has 0 spiro atoms. The van der Waals surface area contributed by atoms with Gasteiger partial charge in [0.2, 0.25) is 0 Å². The van der Waals surface area contributed by atoms with Crippen molar-refractivity contribution >= 4 is 5.91 Å². The maximum atomic E-state index is 13.1. The van der Waals surface area contributed by atoms with Gasteiger partial charge >= 0.3 is 0 Å². The van der Waals surface area contributed by atoms with Crippen molar-refractivity contribution in [1.29, 1.82) is 5.26 Å². The molecule has 0 unspecified atom stereocenters. The first-order valence-corrected chi connectivity index (χ1v) is 7.79. The Bertz CT molecular complexity index is 783. The number of carbonyl (C=O) groups is 1. The number of carbonyl (C=O) groups excluding carboxylic acids is 1. The summed E-state index contributed by atoms with van der Waals surface area (Å²) in [6.45, 7) is 0.239. The van der Waals surface area contributed by atoms with E-state index < -0.39 is 6.10 Å². The molecular weight excluding hydrogens is 307 g/mol. The molecule has 1 saturated heterocycles. The van der Waals surface area contributed by atoms with Crippen molar-refractivity contribution in [1.82, 2.24) is 4.90 Å². The van der Waals surface area contributed by atoms with E-state index >= 15 is 0 Å². The maximum Gasteiger partial charge on any atom is 0.254 e. The predicted octanol–water partition coefficient (Wildman–Crippen LogP) is 2.84. The van der Waals surface area contributed by atoms with Crippen molar-refractivity contribution in [2.75, 3.05) is 6.54 Å². The van der Waals surface area contributed by atoms with E-state index in [9.17, 15) is 14.3 Å². The highest BCUT2D eigenvalue weighted by Crippen LogP contribution is 2.33. The van der Waals surface area contributed by atoms with Gasteiger partial charge in [0.15, 0.2) is 0 Å². The fourth-order valence-corrected chi connectivity index (χ4v) is 3.11. The second-order valence-electron chi connectivity index (χ2n) is 5.95. The Hall–Kier alpha value is -2.71. The van der Waals surface area contributed by atoms with E-state index in [4.69, 9.17) is 5.26 Å². The smallest absolute Gasteiger partial charge is 0.254 e. The fourth-order valence-electron chi connectivity index (χ4n) is 3.11. The second kappa shape index (κ2) is 6.81. The van der Waals surface area contributed by atoms with Gasteiger partial charge in [-0.15, -0.1) is 0 Å². The molecule has 3 rings (SSSR count). The highest BCUT2D eigenvalue weighted by Gasteiger charge is 2.35. The summed E-state index contributed by atoms with van der Waals surface area (Å²) in [4.78, 5) is 14.5. The maximum absolute atomic E-state index is 13.1. The molecule has 1 fully saturated rings. The standard InChI is InChI=1S/C19H17FN2O2/c20-16-6-4-14(5-7-16)18-11-17(23)12-22(18)19(24)15-3-1-2-13(10-15)8-9-21/h1-7,10,17-18,23H,8,11-12H2/t17-,18-/m1/s1. The number of nitrogens with zero attached hydrogens (tertiary/aromatic N) is 2. The molecule has 5 heteroatoms. The minimum Gasteiger partial charge on any atom is -0.391 e. The van der Waals surface area contributed by atoms with Crippen molar-refractivity contribution in [2.24, 2.45) is 0 Å². The van der Waals surface area contributed by atoms with Gasteiger partial charge in [-0.25, -0.2) is 4.39 Å². The summed E-state index contributed by atoms with van der Waals surface area (Å²) in [6.07, 6.45) is 0.0618. The van der Waals surface area contributed by atoms with Crippen LogP contribution in [0, 0.1) is 17.1 Å². The SMILES string of the molecule is N#CCc1cccc(C(=O)N2C[C@H](O)C[C@@H]2c2ccc(F)cc2)c1. The third kappa shape index (κ3) is 3.29. The summed E-state index contributed by atoms with van der Waals surface area (Å²) in [7, 11) is 0. The van der Waals surface area contributed by atoms with Gasteiger partial charge in [0.05, 0.1) is 24.6 Å². The Balaban J connectivity index is 1.88. The van der Waals surface area contributed by atoms with E-state index in [1.54, 1.807) is 41.3 Å². The van der Waals surface area contributed by atoms with Gasteiger partial charge in [0, 0.05) is 12.1 Å². The van der Waals surface area contributed by atoms with Gasteiger partial charge in [-0.1, -0.05) is 24.3 Å².